The number of nitrogens with zero attached hydrogens (tertiary/aromatic N) is 3. The van der Waals surface area contributed by atoms with Gasteiger partial charge in [-0.3, -0.25) is 4.68 Å². The molecule has 1 aliphatic rings. The summed E-state index contributed by atoms with van der Waals surface area (Å²) in [7, 11) is 3.23. The number of carbonyl (C=O) groups is 1. The number of rotatable bonds is 6. The first-order valence-electron chi connectivity index (χ1n) is 10.7. The maximum atomic E-state index is 13.0. The Kier molecular flexibility index (Phi) is 6.49. The maximum absolute atomic E-state index is 13.0. The average molecular weight is 437 g/mol. The first-order valence-corrected chi connectivity index (χ1v) is 10.7. The molecule has 32 heavy (non-hydrogen) atoms. The molecular weight excluding hydrogens is 408 g/mol. The van der Waals surface area contributed by atoms with Crippen molar-refractivity contribution >= 4 is 11.7 Å². The van der Waals surface area contributed by atoms with Gasteiger partial charge in [-0.1, -0.05) is 12.1 Å². The molecule has 8 nitrogen and oxygen atoms in total. The lowest BCUT2D eigenvalue weighted by atomic mass is 10.1. The van der Waals surface area contributed by atoms with E-state index in [2.05, 4.69) is 5.32 Å². The van der Waals surface area contributed by atoms with Gasteiger partial charge < -0.3 is 24.4 Å². The quantitative estimate of drug-likeness (QED) is 0.620. The van der Waals surface area contributed by atoms with Gasteiger partial charge in [0.05, 0.1) is 44.4 Å². The molecule has 0 aliphatic carbocycles. The summed E-state index contributed by atoms with van der Waals surface area (Å²) in [6.07, 6.45) is 0.820. The SMILES string of the molecule is CCOc1ccccc1NC(=O)N1CCCn2nc(-c3ccc(OC)c(OC)c3)cc2C1. The van der Waals surface area contributed by atoms with Crippen LogP contribution in [0.3, 0.4) is 0 Å². The molecule has 1 aromatic heterocycles. The van der Waals surface area contributed by atoms with Crippen LogP contribution in [0.25, 0.3) is 11.3 Å². The second kappa shape index (κ2) is 9.64. The van der Waals surface area contributed by atoms with Crippen LogP contribution in [0.5, 0.6) is 17.2 Å². The smallest absolute Gasteiger partial charge is 0.322 e. The van der Waals surface area contributed by atoms with Crippen LogP contribution in [-0.4, -0.2) is 48.1 Å². The Bertz CT molecular complexity index is 1100. The predicted octanol–water partition coefficient (Wildman–Crippen LogP) is 4.40. The van der Waals surface area contributed by atoms with Crippen molar-refractivity contribution in [3.05, 3.63) is 54.2 Å². The van der Waals surface area contributed by atoms with E-state index in [1.807, 2.05) is 65.0 Å². The van der Waals surface area contributed by atoms with E-state index < -0.39 is 0 Å². The molecule has 0 atom stereocenters. The summed E-state index contributed by atoms with van der Waals surface area (Å²) < 4.78 is 18.4. The van der Waals surface area contributed by atoms with Gasteiger partial charge >= 0.3 is 6.03 Å². The standard InChI is InChI=1S/C24H28N4O4/c1-4-32-21-9-6-5-8-19(21)25-24(29)27-12-7-13-28-18(16-27)15-20(26-28)17-10-11-22(30-2)23(14-17)31-3/h5-6,8-11,14-15H,4,7,12-13,16H2,1-3H3,(H,25,29). The van der Waals surface area contributed by atoms with E-state index in [1.165, 1.54) is 0 Å². The third-order valence-electron chi connectivity index (χ3n) is 5.41. The minimum absolute atomic E-state index is 0.153. The first-order chi connectivity index (χ1) is 15.6. The minimum atomic E-state index is -0.153. The fourth-order valence-electron chi connectivity index (χ4n) is 3.82. The molecule has 2 heterocycles. The minimum Gasteiger partial charge on any atom is -0.493 e. The van der Waals surface area contributed by atoms with Crippen molar-refractivity contribution in [1.82, 2.24) is 14.7 Å². The number of hydrogen-bond acceptors (Lipinski definition) is 5. The van der Waals surface area contributed by atoms with Crippen LogP contribution < -0.4 is 19.5 Å². The van der Waals surface area contributed by atoms with E-state index in [1.54, 1.807) is 14.2 Å². The number of urea groups is 1. The Balaban J connectivity index is 1.53. The molecule has 1 N–H and O–H groups in total. The fourth-order valence-corrected chi connectivity index (χ4v) is 3.82. The first kappa shape index (κ1) is 21.5. The summed E-state index contributed by atoms with van der Waals surface area (Å²) in [6.45, 7) is 4.34. The van der Waals surface area contributed by atoms with Gasteiger partial charge in [-0.25, -0.2) is 4.79 Å². The summed E-state index contributed by atoms with van der Waals surface area (Å²) >= 11 is 0. The van der Waals surface area contributed by atoms with Gasteiger partial charge in [0.2, 0.25) is 0 Å². The molecule has 4 rings (SSSR count). The Hall–Kier alpha value is -3.68. The number of aryl methyl sites for hydroxylation is 1. The molecule has 2 aromatic carbocycles. The number of nitrogens with one attached hydrogen (secondary N) is 1. The summed E-state index contributed by atoms with van der Waals surface area (Å²) in [5.41, 5.74) is 3.43. The summed E-state index contributed by atoms with van der Waals surface area (Å²) in [4.78, 5) is 14.8. The number of methoxy groups -OCH3 is 2. The molecule has 0 saturated carbocycles. The highest BCUT2D eigenvalue weighted by Gasteiger charge is 2.22. The molecule has 1 aliphatic heterocycles. The van der Waals surface area contributed by atoms with Gasteiger partial charge in [0.1, 0.15) is 5.75 Å². The number of para-hydroxylation sites is 2. The number of fused-ring (bicyclic) bond motifs is 1. The monoisotopic (exact) mass is 436 g/mol. The predicted molar refractivity (Wildman–Crippen MR) is 122 cm³/mol. The molecule has 0 radical (unpaired) electrons. The highest BCUT2D eigenvalue weighted by molar-refractivity contribution is 5.91. The van der Waals surface area contributed by atoms with Crippen molar-refractivity contribution in [2.75, 3.05) is 32.7 Å². The lowest BCUT2D eigenvalue weighted by Gasteiger charge is -2.21. The highest BCUT2D eigenvalue weighted by Crippen LogP contribution is 2.32. The van der Waals surface area contributed by atoms with Crippen LogP contribution in [0, 0.1) is 0 Å². The van der Waals surface area contributed by atoms with Crippen molar-refractivity contribution in [1.29, 1.82) is 0 Å². The molecule has 0 fully saturated rings. The van der Waals surface area contributed by atoms with Crippen LogP contribution in [0.4, 0.5) is 10.5 Å². The van der Waals surface area contributed by atoms with Gasteiger partial charge in [0.15, 0.2) is 11.5 Å². The normalized spacial score (nSPS) is 13.2. The molecule has 0 spiro atoms. The summed E-state index contributed by atoms with van der Waals surface area (Å²) in [5, 5.41) is 7.76. The summed E-state index contributed by atoms with van der Waals surface area (Å²) in [6, 6.07) is 15.1. The van der Waals surface area contributed by atoms with Crippen molar-refractivity contribution < 1.29 is 19.0 Å². The zero-order chi connectivity index (χ0) is 22.5. The number of aromatic nitrogens is 2. The molecule has 168 valence electrons. The number of amides is 2. The topological polar surface area (TPSA) is 77.9 Å². The van der Waals surface area contributed by atoms with Crippen molar-refractivity contribution in [3.8, 4) is 28.5 Å². The Morgan fingerprint density at radius 3 is 2.62 bits per heavy atom. The zero-order valence-corrected chi connectivity index (χ0v) is 18.6. The number of carbonyl (C=O) groups excluding carboxylic acids is 1. The van der Waals surface area contributed by atoms with E-state index in [-0.39, 0.29) is 6.03 Å². The third kappa shape index (κ3) is 4.49. The van der Waals surface area contributed by atoms with E-state index in [4.69, 9.17) is 19.3 Å². The maximum Gasteiger partial charge on any atom is 0.322 e. The van der Waals surface area contributed by atoms with Gasteiger partial charge in [-0.15, -0.1) is 0 Å². The number of hydrogen-bond donors (Lipinski definition) is 1. The van der Waals surface area contributed by atoms with Gasteiger partial charge in [0.25, 0.3) is 0 Å². The van der Waals surface area contributed by atoms with Crippen LogP contribution in [0.15, 0.2) is 48.5 Å². The number of benzene rings is 2. The fraction of sp³-hybridized carbons (Fsp3) is 0.333. The van der Waals surface area contributed by atoms with Crippen LogP contribution in [-0.2, 0) is 13.1 Å². The Labute approximate surface area is 187 Å². The van der Waals surface area contributed by atoms with Gasteiger partial charge in [-0.2, -0.15) is 5.10 Å². The molecule has 2 amide bonds. The van der Waals surface area contributed by atoms with E-state index >= 15 is 0 Å². The van der Waals surface area contributed by atoms with Crippen LogP contribution >= 0.6 is 0 Å². The summed E-state index contributed by atoms with van der Waals surface area (Å²) in [5.74, 6) is 1.99. The van der Waals surface area contributed by atoms with Crippen molar-refractivity contribution in [2.24, 2.45) is 0 Å². The second-order valence-electron chi connectivity index (χ2n) is 7.45. The van der Waals surface area contributed by atoms with Crippen LogP contribution in [0.2, 0.25) is 0 Å². The van der Waals surface area contributed by atoms with Gasteiger partial charge in [0, 0.05) is 18.7 Å². The molecule has 0 saturated heterocycles. The van der Waals surface area contributed by atoms with Crippen LogP contribution in [0.1, 0.15) is 19.0 Å². The largest absolute Gasteiger partial charge is 0.493 e. The number of anilines is 1. The van der Waals surface area contributed by atoms with E-state index in [9.17, 15) is 4.79 Å². The molecule has 0 unspecified atom stereocenters. The second-order valence-corrected chi connectivity index (χ2v) is 7.45. The molecular formula is C24H28N4O4. The number of ether oxygens (including phenoxy) is 3. The zero-order valence-electron chi connectivity index (χ0n) is 18.6. The van der Waals surface area contributed by atoms with Crippen molar-refractivity contribution in [2.45, 2.75) is 26.4 Å². The highest BCUT2D eigenvalue weighted by atomic mass is 16.5. The third-order valence-corrected chi connectivity index (χ3v) is 5.41. The van der Waals surface area contributed by atoms with E-state index in [0.717, 1.165) is 29.9 Å². The lowest BCUT2D eigenvalue weighted by Crippen LogP contribution is -2.34. The Morgan fingerprint density at radius 1 is 1.03 bits per heavy atom. The lowest BCUT2D eigenvalue weighted by molar-refractivity contribution is 0.210. The molecule has 8 heteroatoms. The molecule has 3 aromatic rings. The Morgan fingerprint density at radius 2 is 1.84 bits per heavy atom. The van der Waals surface area contributed by atoms with Crippen molar-refractivity contribution in [3.63, 3.8) is 0 Å². The van der Waals surface area contributed by atoms with Gasteiger partial charge in [-0.05, 0) is 49.7 Å². The van der Waals surface area contributed by atoms with E-state index in [0.29, 0.717) is 42.6 Å². The average Bonchev–Trinajstić information content (AvgIpc) is 3.11. The molecule has 0 bridgehead atoms.